The van der Waals surface area contributed by atoms with E-state index in [4.69, 9.17) is 0 Å². The van der Waals surface area contributed by atoms with Crippen LogP contribution in [0.3, 0.4) is 0 Å². The number of ether oxygens (including phenoxy) is 1. The van der Waals surface area contributed by atoms with E-state index >= 15 is 0 Å². The Hall–Kier alpha value is -0.840. The molecule has 0 bridgehead atoms. The van der Waals surface area contributed by atoms with Crippen LogP contribution in [-0.4, -0.2) is 25.9 Å². The van der Waals surface area contributed by atoms with Crippen LogP contribution in [0.25, 0.3) is 0 Å². The number of esters is 1. The maximum Gasteiger partial charge on any atom is 0.306 e. The summed E-state index contributed by atoms with van der Waals surface area (Å²) in [6.45, 7) is 0. The molecule has 56 valence electrons. The minimum Gasteiger partial charge on any atom is -0.457 e. The molecule has 1 aliphatic heterocycles. The number of hydrogen-bond acceptors (Lipinski definition) is 4. The Morgan fingerprint density at radius 1 is 1.60 bits per heavy atom. The largest absolute Gasteiger partial charge is 0.457 e. The van der Waals surface area contributed by atoms with Gasteiger partial charge in [-0.2, -0.15) is 8.42 Å². The van der Waals surface area contributed by atoms with Crippen LogP contribution in [0.1, 0.15) is 12.8 Å². The molecule has 0 aromatic carbocycles. The van der Waals surface area contributed by atoms with Gasteiger partial charge in [-0.25, -0.2) is 0 Å². The van der Waals surface area contributed by atoms with Gasteiger partial charge in [0.1, 0.15) is 6.10 Å². The highest BCUT2D eigenvalue weighted by Gasteiger charge is 2.21. The van der Waals surface area contributed by atoms with Gasteiger partial charge in [0.2, 0.25) is 10.3 Å². The molecule has 5 heteroatoms. The summed E-state index contributed by atoms with van der Waals surface area (Å²) in [7, 11) is -2.22. The highest BCUT2D eigenvalue weighted by atomic mass is 32.2. The fraction of sp³-hybridized carbons (Fsp3) is 0.600. The van der Waals surface area contributed by atoms with Crippen molar-refractivity contribution < 1.29 is 17.9 Å². The number of hydrogen-bond donors (Lipinski definition) is 0. The molecular weight excluding hydrogens is 156 g/mol. The van der Waals surface area contributed by atoms with Crippen molar-refractivity contribution in [2.24, 2.45) is 0 Å². The normalized spacial score (nSPS) is 24.0. The topological polar surface area (TPSA) is 60.4 Å². The Morgan fingerprint density at radius 3 is 2.70 bits per heavy atom. The summed E-state index contributed by atoms with van der Waals surface area (Å²) in [6, 6.07) is 0. The molecule has 1 aliphatic rings. The van der Waals surface area contributed by atoms with Crippen molar-refractivity contribution in [1.82, 2.24) is 0 Å². The average Bonchev–Trinajstić information content (AvgIpc) is 2.13. The van der Waals surface area contributed by atoms with Gasteiger partial charge in [0.05, 0.1) is 5.37 Å². The second-order valence-electron chi connectivity index (χ2n) is 1.96. The molecule has 4 nitrogen and oxygen atoms in total. The summed E-state index contributed by atoms with van der Waals surface area (Å²) >= 11 is 0. The highest BCUT2D eigenvalue weighted by molar-refractivity contribution is 7.71. The quantitative estimate of drug-likeness (QED) is 0.380. The number of carbonyl (C=O) groups excluding carboxylic acids is 1. The first-order valence-electron chi connectivity index (χ1n) is 2.81. The van der Waals surface area contributed by atoms with Gasteiger partial charge in [-0.1, -0.05) is 0 Å². The van der Waals surface area contributed by atoms with Gasteiger partial charge in [-0.3, -0.25) is 4.79 Å². The first kappa shape index (κ1) is 7.27. The molecule has 0 aromatic rings. The molecule has 1 heterocycles. The van der Waals surface area contributed by atoms with Crippen LogP contribution in [0.4, 0.5) is 0 Å². The Bertz CT molecular complexity index is 255. The smallest absolute Gasteiger partial charge is 0.306 e. The Kier molecular flexibility index (Phi) is 2.06. The van der Waals surface area contributed by atoms with E-state index in [1.165, 1.54) is 0 Å². The van der Waals surface area contributed by atoms with E-state index in [0.29, 0.717) is 12.8 Å². The van der Waals surface area contributed by atoms with Gasteiger partial charge in [0.15, 0.2) is 0 Å². The Labute approximate surface area is 59.3 Å². The zero-order chi connectivity index (χ0) is 7.56. The van der Waals surface area contributed by atoms with Crippen LogP contribution in [0.15, 0.2) is 0 Å². The van der Waals surface area contributed by atoms with Crippen molar-refractivity contribution >= 4 is 21.6 Å². The second kappa shape index (κ2) is 2.83. The van der Waals surface area contributed by atoms with Crippen molar-refractivity contribution in [3.8, 4) is 0 Å². The molecule has 1 rings (SSSR count). The number of carbonyl (C=O) groups is 1. The molecule has 0 radical (unpaired) electrons. The molecule has 0 amide bonds. The Balaban J connectivity index is 2.62. The van der Waals surface area contributed by atoms with Crippen molar-refractivity contribution in [2.75, 3.05) is 0 Å². The van der Waals surface area contributed by atoms with E-state index in [1.807, 2.05) is 0 Å². The van der Waals surface area contributed by atoms with Crippen molar-refractivity contribution in [3.63, 3.8) is 0 Å². The maximum absolute atomic E-state index is 10.4. The predicted molar refractivity (Wildman–Crippen MR) is 34.1 cm³/mol. The molecule has 1 fully saturated rings. The lowest BCUT2D eigenvalue weighted by Crippen LogP contribution is -2.07. The zero-order valence-electron chi connectivity index (χ0n) is 5.11. The van der Waals surface area contributed by atoms with Gasteiger partial charge < -0.3 is 4.74 Å². The van der Waals surface area contributed by atoms with Gasteiger partial charge in [-0.05, 0) is 6.42 Å². The van der Waals surface area contributed by atoms with Gasteiger partial charge in [0.25, 0.3) is 0 Å². The highest BCUT2D eigenvalue weighted by Crippen LogP contribution is 2.10. The van der Waals surface area contributed by atoms with Crippen LogP contribution in [0.5, 0.6) is 0 Å². The molecule has 10 heavy (non-hydrogen) atoms. The molecule has 1 saturated heterocycles. The third-order valence-electron chi connectivity index (χ3n) is 1.18. The van der Waals surface area contributed by atoms with Gasteiger partial charge >= 0.3 is 5.97 Å². The van der Waals surface area contributed by atoms with Crippen molar-refractivity contribution in [3.05, 3.63) is 0 Å². The fourth-order valence-electron chi connectivity index (χ4n) is 0.767. The Morgan fingerprint density at radius 2 is 2.30 bits per heavy atom. The van der Waals surface area contributed by atoms with Crippen molar-refractivity contribution in [2.45, 2.75) is 18.9 Å². The molecule has 0 aliphatic carbocycles. The predicted octanol–water partition coefficient (Wildman–Crippen LogP) is -0.627. The molecule has 0 N–H and O–H groups in total. The third kappa shape index (κ3) is 1.84. The van der Waals surface area contributed by atoms with E-state index in [1.54, 1.807) is 0 Å². The lowest BCUT2D eigenvalue weighted by Gasteiger charge is -1.96. The van der Waals surface area contributed by atoms with Gasteiger partial charge in [-0.15, -0.1) is 0 Å². The van der Waals surface area contributed by atoms with Crippen LogP contribution in [0, 0.1) is 0 Å². The van der Waals surface area contributed by atoms with Crippen LogP contribution in [-0.2, 0) is 19.8 Å². The third-order valence-corrected chi connectivity index (χ3v) is 1.70. The average molecular weight is 162 g/mol. The molecule has 0 spiro atoms. The molecule has 1 unspecified atom stereocenters. The van der Waals surface area contributed by atoms with Crippen LogP contribution in [0.2, 0.25) is 0 Å². The van der Waals surface area contributed by atoms with Crippen LogP contribution < -0.4 is 0 Å². The van der Waals surface area contributed by atoms with E-state index in [2.05, 4.69) is 4.74 Å². The lowest BCUT2D eigenvalue weighted by molar-refractivity contribution is -0.139. The minimum absolute atomic E-state index is 0.318. The number of cyclic esters (lactones) is 1. The summed E-state index contributed by atoms with van der Waals surface area (Å²) in [4.78, 5) is 10.4. The number of rotatable bonds is 1. The minimum atomic E-state index is -2.22. The fourth-order valence-corrected chi connectivity index (χ4v) is 1.21. The first-order valence-corrected chi connectivity index (χ1v) is 3.95. The SMILES string of the molecule is O=C1CCC(C=S(=O)=O)O1. The summed E-state index contributed by atoms with van der Waals surface area (Å²) in [5.41, 5.74) is 0. The monoisotopic (exact) mass is 162 g/mol. The summed E-state index contributed by atoms with van der Waals surface area (Å²) < 4.78 is 24.6. The lowest BCUT2D eigenvalue weighted by atomic mass is 10.3. The summed E-state index contributed by atoms with van der Waals surface area (Å²) in [5.74, 6) is -0.327. The molecular formula is C5H6O4S. The van der Waals surface area contributed by atoms with Gasteiger partial charge in [0, 0.05) is 6.42 Å². The van der Waals surface area contributed by atoms with Crippen LogP contribution >= 0.6 is 0 Å². The molecule has 1 atom stereocenters. The van der Waals surface area contributed by atoms with Crippen molar-refractivity contribution in [1.29, 1.82) is 0 Å². The second-order valence-corrected chi connectivity index (χ2v) is 2.76. The summed E-state index contributed by atoms with van der Waals surface area (Å²) in [6.07, 6.45) is 0.274. The molecule has 0 saturated carbocycles. The zero-order valence-corrected chi connectivity index (χ0v) is 5.93. The first-order chi connectivity index (χ1) is 4.68. The van der Waals surface area contributed by atoms with E-state index in [9.17, 15) is 13.2 Å². The summed E-state index contributed by atoms with van der Waals surface area (Å²) in [5, 5.41) is 0.991. The van der Waals surface area contributed by atoms with E-state index in [-0.39, 0.29) is 5.97 Å². The van der Waals surface area contributed by atoms with E-state index < -0.39 is 16.4 Å². The standard InChI is InChI=1S/C5H6O4S/c6-5-2-1-4(9-5)3-10(7)8/h3-4H,1-2H2. The molecule has 0 aromatic heterocycles. The van der Waals surface area contributed by atoms with E-state index in [0.717, 1.165) is 5.37 Å². The maximum atomic E-state index is 10.4.